The first kappa shape index (κ1) is 20.7. The molecule has 2 aromatic carbocycles. The third-order valence-corrected chi connectivity index (χ3v) is 5.12. The quantitative estimate of drug-likeness (QED) is 0.495. The summed E-state index contributed by atoms with van der Waals surface area (Å²) in [4.78, 5) is 12.9. The Labute approximate surface area is 180 Å². The fraction of sp³-hybridized carbons (Fsp3) is 0.348. The third kappa shape index (κ3) is 4.33. The molecule has 4 aromatic rings. The second kappa shape index (κ2) is 8.67. The molecule has 1 N–H and O–H groups in total. The maximum atomic E-state index is 12.9. The first-order valence-corrected chi connectivity index (χ1v) is 10.5. The molecule has 0 atom stereocenters. The van der Waals surface area contributed by atoms with E-state index in [2.05, 4.69) is 77.7 Å². The molecule has 0 aliphatic heterocycles. The molecule has 0 saturated heterocycles. The molecule has 0 aliphatic rings. The van der Waals surface area contributed by atoms with Gasteiger partial charge in [-0.2, -0.15) is 10.3 Å². The molecule has 0 unspecified atom stereocenters. The zero-order valence-electron chi connectivity index (χ0n) is 18.3. The summed E-state index contributed by atoms with van der Waals surface area (Å²) >= 11 is 0. The minimum atomic E-state index is -0.0519. The molecule has 0 aliphatic carbocycles. The van der Waals surface area contributed by atoms with Crippen LogP contribution in [0.3, 0.4) is 0 Å². The molecule has 0 saturated carbocycles. The van der Waals surface area contributed by atoms with Gasteiger partial charge in [-0.05, 0) is 27.8 Å². The predicted octanol–water partition coefficient (Wildman–Crippen LogP) is 3.72. The molecule has 0 spiro atoms. The van der Waals surface area contributed by atoms with Gasteiger partial charge in [-0.3, -0.25) is 4.57 Å². The van der Waals surface area contributed by atoms with Crippen LogP contribution in [-0.2, 0) is 13.1 Å². The summed E-state index contributed by atoms with van der Waals surface area (Å²) in [7, 11) is 0. The Kier molecular flexibility index (Phi) is 5.79. The van der Waals surface area contributed by atoms with Crippen molar-refractivity contribution in [2.75, 3.05) is 0 Å². The fourth-order valence-electron chi connectivity index (χ4n) is 3.68. The summed E-state index contributed by atoms with van der Waals surface area (Å²) in [5.41, 5.74) is 3.99. The number of benzene rings is 2. The number of tetrazole rings is 1. The number of H-pyrrole nitrogens is 1. The average Bonchev–Trinajstić information content (AvgIpc) is 3.39. The van der Waals surface area contributed by atoms with Crippen LogP contribution in [0.4, 0.5) is 0 Å². The lowest BCUT2D eigenvalue weighted by Gasteiger charge is -2.10. The van der Waals surface area contributed by atoms with Crippen LogP contribution in [-0.4, -0.2) is 35.0 Å². The van der Waals surface area contributed by atoms with Crippen molar-refractivity contribution in [3.63, 3.8) is 0 Å². The van der Waals surface area contributed by atoms with Gasteiger partial charge in [-0.15, -0.1) is 10.2 Å². The normalized spacial score (nSPS) is 11.5. The lowest BCUT2D eigenvalue weighted by atomic mass is 9.98. The zero-order chi connectivity index (χ0) is 22.0. The molecule has 8 heteroatoms. The highest BCUT2D eigenvalue weighted by Gasteiger charge is 2.17. The Morgan fingerprint density at radius 3 is 2.29 bits per heavy atom. The fourth-order valence-corrected chi connectivity index (χ4v) is 3.68. The van der Waals surface area contributed by atoms with E-state index in [-0.39, 0.29) is 11.6 Å². The maximum Gasteiger partial charge on any atom is 0.346 e. The Balaban J connectivity index is 1.64. The van der Waals surface area contributed by atoms with Gasteiger partial charge < -0.3 is 0 Å². The van der Waals surface area contributed by atoms with Crippen LogP contribution >= 0.6 is 0 Å². The van der Waals surface area contributed by atoms with Gasteiger partial charge in [-0.25, -0.2) is 9.48 Å². The number of hydrogen-bond acceptors (Lipinski definition) is 5. The monoisotopic (exact) mass is 417 g/mol. The Morgan fingerprint density at radius 1 is 0.968 bits per heavy atom. The number of hydrogen-bond donors (Lipinski definition) is 1. The molecule has 0 radical (unpaired) electrons. The Bertz CT molecular complexity index is 1200. The van der Waals surface area contributed by atoms with Gasteiger partial charge in [0, 0.05) is 18.0 Å². The van der Waals surface area contributed by atoms with Gasteiger partial charge in [0.15, 0.2) is 0 Å². The van der Waals surface area contributed by atoms with Crippen molar-refractivity contribution in [2.45, 2.75) is 46.7 Å². The van der Waals surface area contributed by atoms with Crippen molar-refractivity contribution in [3.8, 4) is 22.5 Å². The van der Waals surface area contributed by atoms with Crippen LogP contribution in [0.15, 0.2) is 53.3 Å². The molecule has 0 amide bonds. The topological polar surface area (TPSA) is 94.3 Å². The summed E-state index contributed by atoms with van der Waals surface area (Å²) in [5.74, 6) is 1.91. The zero-order valence-corrected chi connectivity index (χ0v) is 18.3. The molecule has 2 heterocycles. The highest BCUT2D eigenvalue weighted by atomic mass is 16.2. The first-order chi connectivity index (χ1) is 14.9. The van der Waals surface area contributed by atoms with Gasteiger partial charge in [-0.1, -0.05) is 76.2 Å². The van der Waals surface area contributed by atoms with Crippen LogP contribution in [0.25, 0.3) is 22.5 Å². The smallest absolute Gasteiger partial charge is 0.274 e. The Hall–Kier alpha value is -3.55. The SMILES string of the molecule is CC(C)Cn1nc(C(C)C)n(Cc2ccc(-c3ccccc3-c3nn[nH]n3)cc2)c1=O. The first-order valence-electron chi connectivity index (χ1n) is 10.5. The largest absolute Gasteiger partial charge is 0.346 e. The lowest BCUT2D eigenvalue weighted by Crippen LogP contribution is -2.27. The van der Waals surface area contributed by atoms with E-state index >= 15 is 0 Å². The number of rotatable bonds is 7. The summed E-state index contributed by atoms with van der Waals surface area (Å²) in [6.45, 7) is 9.43. The maximum absolute atomic E-state index is 12.9. The van der Waals surface area contributed by atoms with Crippen LogP contribution in [0.1, 0.15) is 45.0 Å². The van der Waals surface area contributed by atoms with Gasteiger partial charge in [0.1, 0.15) is 5.82 Å². The minimum absolute atomic E-state index is 0.0519. The summed E-state index contributed by atoms with van der Waals surface area (Å²) in [6, 6.07) is 16.2. The standard InChI is InChI=1S/C23H27N7O/c1-15(2)13-30-23(31)29(22(26-30)16(3)4)14-17-9-11-18(12-10-17)19-7-5-6-8-20(19)21-24-27-28-25-21/h5-12,15-16H,13-14H2,1-4H3,(H,24,25,27,28). The van der Waals surface area contributed by atoms with Crippen molar-refractivity contribution in [3.05, 3.63) is 70.4 Å². The second-order valence-corrected chi connectivity index (χ2v) is 8.44. The van der Waals surface area contributed by atoms with Crippen LogP contribution in [0.2, 0.25) is 0 Å². The van der Waals surface area contributed by atoms with Crippen molar-refractivity contribution < 1.29 is 0 Å². The summed E-state index contributed by atoms with van der Waals surface area (Å²) in [6.07, 6.45) is 0. The van der Waals surface area contributed by atoms with E-state index in [4.69, 9.17) is 0 Å². The van der Waals surface area contributed by atoms with E-state index in [0.29, 0.717) is 24.8 Å². The predicted molar refractivity (Wildman–Crippen MR) is 120 cm³/mol. The molecule has 0 fully saturated rings. The van der Waals surface area contributed by atoms with E-state index in [0.717, 1.165) is 28.1 Å². The lowest BCUT2D eigenvalue weighted by molar-refractivity contribution is 0.464. The van der Waals surface area contributed by atoms with E-state index in [1.54, 1.807) is 9.25 Å². The number of aromatic nitrogens is 7. The highest BCUT2D eigenvalue weighted by molar-refractivity contribution is 5.80. The van der Waals surface area contributed by atoms with E-state index in [1.807, 2.05) is 24.3 Å². The molecule has 8 nitrogen and oxygen atoms in total. The molecule has 4 rings (SSSR count). The molecule has 31 heavy (non-hydrogen) atoms. The van der Waals surface area contributed by atoms with Crippen molar-refractivity contribution in [2.24, 2.45) is 5.92 Å². The highest BCUT2D eigenvalue weighted by Crippen LogP contribution is 2.29. The molecule has 2 aromatic heterocycles. The van der Waals surface area contributed by atoms with Crippen molar-refractivity contribution in [1.29, 1.82) is 0 Å². The van der Waals surface area contributed by atoms with Crippen LogP contribution in [0.5, 0.6) is 0 Å². The number of nitrogens with zero attached hydrogens (tertiary/aromatic N) is 6. The van der Waals surface area contributed by atoms with Gasteiger partial charge in [0.2, 0.25) is 5.82 Å². The van der Waals surface area contributed by atoms with Crippen molar-refractivity contribution >= 4 is 0 Å². The molecular formula is C23H27N7O. The molecular weight excluding hydrogens is 390 g/mol. The summed E-state index contributed by atoms with van der Waals surface area (Å²) in [5, 5.41) is 19.0. The Morgan fingerprint density at radius 2 is 1.68 bits per heavy atom. The summed E-state index contributed by atoms with van der Waals surface area (Å²) < 4.78 is 3.38. The van der Waals surface area contributed by atoms with Gasteiger partial charge >= 0.3 is 5.69 Å². The van der Waals surface area contributed by atoms with Crippen molar-refractivity contribution in [1.82, 2.24) is 35.0 Å². The van der Waals surface area contributed by atoms with E-state index < -0.39 is 0 Å². The molecule has 0 bridgehead atoms. The second-order valence-electron chi connectivity index (χ2n) is 8.44. The van der Waals surface area contributed by atoms with E-state index in [1.165, 1.54) is 0 Å². The van der Waals surface area contributed by atoms with Gasteiger partial charge in [0.25, 0.3) is 0 Å². The van der Waals surface area contributed by atoms with Gasteiger partial charge in [0.05, 0.1) is 6.54 Å². The van der Waals surface area contributed by atoms with E-state index in [9.17, 15) is 4.79 Å². The minimum Gasteiger partial charge on any atom is -0.274 e. The number of aromatic amines is 1. The average molecular weight is 418 g/mol. The third-order valence-electron chi connectivity index (χ3n) is 5.12. The molecule has 160 valence electrons. The van der Waals surface area contributed by atoms with Crippen LogP contribution in [0, 0.1) is 5.92 Å². The number of nitrogens with one attached hydrogen (secondary N) is 1. The van der Waals surface area contributed by atoms with Crippen LogP contribution < -0.4 is 5.69 Å².